The second-order valence-electron chi connectivity index (χ2n) is 5.60. The number of benzene rings is 1. The third kappa shape index (κ3) is 3.24. The van der Waals surface area contributed by atoms with Gasteiger partial charge < -0.3 is 10.5 Å². The van der Waals surface area contributed by atoms with Crippen LogP contribution in [0.15, 0.2) is 18.2 Å². The zero-order valence-corrected chi connectivity index (χ0v) is 11.6. The van der Waals surface area contributed by atoms with Crippen LogP contribution in [0.2, 0.25) is 0 Å². The Hall–Kier alpha value is -1.06. The van der Waals surface area contributed by atoms with Crippen LogP contribution >= 0.6 is 0 Å². The van der Waals surface area contributed by atoms with Crippen LogP contribution in [0.25, 0.3) is 0 Å². The van der Waals surface area contributed by atoms with Crippen LogP contribution in [0, 0.1) is 12.8 Å². The fourth-order valence-electron chi connectivity index (χ4n) is 2.94. The smallest absolute Gasteiger partial charge is 0.121 e. The van der Waals surface area contributed by atoms with Gasteiger partial charge in [0, 0.05) is 25.7 Å². The number of hydrogen-bond acceptors (Lipinski definition) is 3. The normalized spacial score (nSPS) is 25.1. The van der Waals surface area contributed by atoms with Crippen molar-refractivity contribution in [1.82, 2.24) is 4.90 Å². The Balaban J connectivity index is 2.02. The van der Waals surface area contributed by atoms with Crippen LogP contribution in [0.1, 0.15) is 24.5 Å². The zero-order valence-electron chi connectivity index (χ0n) is 11.6. The summed E-state index contributed by atoms with van der Waals surface area (Å²) >= 11 is 0. The standard InChI is InChI=1S/C15H24N2O/c1-11-6-14(16)10-17(8-11)9-13-4-5-15(18-3)12(2)7-13/h4-5,7,11,14H,6,8-10,16H2,1-3H3. The van der Waals surface area contributed by atoms with E-state index in [1.54, 1.807) is 7.11 Å². The second kappa shape index (κ2) is 5.72. The lowest BCUT2D eigenvalue weighted by Crippen LogP contribution is -2.45. The molecule has 0 bridgehead atoms. The van der Waals surface area contributed by atoms with Crippen LogP contribution in [-0.2, 0) is 6.54 Å². The second-order valence-corrected chi connectivity index (χ2v) is 5.60. The highest BCUT2D eigenvalue weighted by atomic mass is 16.5. The van der Waals surface area contributed by atoms with Gasteiger partial charge in [0.2, 0.25) is 0 Å². The summed E-state index contributed by atoms with van der Waals surface area (Å²) in [5.74, 6) is 1.66. The summed E-state index contributed by atoms with van der Waals surface area (Å²) in [6.45, 7) is 7.52. The molecule has 1 aromatic rings. The Bertz CT molecular complexity index is 395. The maximum absolute atomic E-state index is 6.08. The van der Waals surface area contributed by atoms with Crippen molar-refractivity contribution in [3.05, 3.63) is 29.3 Å². The maximum atomic E-state index is 6.08. The predicted molar refractivity (Wildman–Crippen MR) is 74.8 cm³/mol. The highest BCUT2D eigenvalue weighted by Gasteiger charge is 2.22. The Morgan fingerprint density at radius 3 is 2.78 bits per heavy atom. The van der Waals surface area contributed by atoms with Gasteiger partial charge in [-0.25, -0.2) is 0 Å². The molecule has 2 rings (SSSR count). The van der Waals surface area contributed by atoms with E-state index >= 15 is 0 Å². The first-order valence-corrected chi connectivity index (χ1v) is 6.70. The first kappa shape index (κ1) is 13.4. The van der Waals surface area contributed by atoms with Crippen LogP contribution in [0.5, 0.6) is 5.75 Å². The van der Waals surface area contributed by atoms with E-state index in [0.717, 1.165) is 31.8 Å². The molecule has 2 N–H and O–H groups in total. The van der Waals surface area contributed by atoms with Gasteiger partial charge in [-0.2, -0.15) is 0 Å². The molecule has 0 aromatic heterocycles. The lowest BCUT2D eigenvalue weighted by atomic mass is 9.96. The fourth-order valence-corrected chi connectivity index (χ4v) is 2.94. The van der Waals surface area contributed by atoms with E-state index in [-0.39, 0.29) is 0 Å². The Kier molecular flexibility index (Phi) is 4.25. The zero-order chi connectivity index (χ0) is 13.1. The molecule has 2 unspecified atom stereocenters. The summed E-state index contributed by atoms with van der Waals surface area (Å²) in [6.07, 6.45) is 1.15. The minimum atomic E-state index is 0.327. The van der Waals surface area contributed by atoms with E-state index in [4.69, 9.17) is 10.5 Å². The summed E-state index contributed by atoms with van der Waals surface area (Å²) < 4.78 is 5.29. The summed E-state index contributed by atoms with van der Waals surface area (Å²) in [5, 5.41) is 0. The van der Waals surface area contributed by atoms with E-state index in [1.807, 2.05) is 0 Å². The average molecular weight is 248 g/mol. The molecular weight excluding hydrogens is 224 g/mol. The van der Waals surface area contributed by atoms with Gasteiger partial charge in [-0.15, -0.1) is 0 Å². The molecule has 1 fully saturated rings. The van der Waals surface area contributed by atoms with Crippen molar-refractivity contribution in [1.29, 1.82) is 0 Å². The number of nitrogens with zero attached hydrogens (tertiary/aromatic N) is 1. The lowest BCUT2D eigenvalue weighted by Gasteiger charge is -2.34. The van der Waals surface area contributed by atoms with Crippen LogP contribution < -0.4 is 10.5 Å². The minimum absolute atomic E-state index is 0.327. The van der Waals surface area contributed by atoms with Crippen LogP contribution in [0.3, 0.4) is 0 Å². The fraction of sp³-hybridized carbons (Fsp3) is 0.600. The molecule has 18 heavy (non-hydrogen) atoms. The van der Waals surface area contributed by atoms with Crippen molar-refractivity contribution >= 4 is 0 Å². The monoisotopic (exact) mass is 248 g/mol. The first-order valence-electron chi connectivity index (χ1n) is 6.70. The quantitative estimate of drug-likeness (QED) is 0.891. The number of piperidine rings is 1. The van der Waals surface area contributed by atoms with Crippen molar-refractivity contribution in [2.24, 2.45) is 11.7 Å². The number of nitrogens with two attached hydrogens (primary N) is 1. The van der Waals surface area contributed by atoms with Crippen molar-refractivity contribution in [2.75, 3.05) is 20.2 Å². The number of hydrogen-bond donors (Lipinski definition) is 1. The SMILES string of the molecule is COc1ccc(CN2CC(C)CC(N)C2)cc1C. The average Bonchev–Trinajstić information content (AvgIpc) is 2.27. The molecule has 0 radical (unpaired) electrons. The van der Waals surface area contributed by atoms with Gasteiger partial charge in [-0.05, 0) is 36.5 Å². The third-order valence-electron chi connectivity index (χ3n) is 3.63. The third-order valence-corrected chi connectivity index (χ3v) is 3.63. The molecule has 2 atom stereocenters. The molecule has 100 valence electrons. The summed E-state index contributed by atoms with van der Waals surface area (Å²) in [5.41, 5.74) is 8.62. The summed E-state index contributed by atoms with van der Waals surface area (Å²) in [7, 11) is 1.72. The molecular formula is C15H24N2O. The van der Waals surface area contributed by atoms with E-state index in [9.17, 15) is 0 Å². The molecule has 0 saturated carbocycles. The summed E-state index contributed by atoms with van der Waals surface area (Å²) in [6, 6.07) is 6.74. The number of aryl methyl sites for hydroxylation is 1. The maximum Gasteiger partial charge on any atom is 0.121 e. The molecule has 0 amide bonds. The van der Waals surface area contributed by atoms with Crippen molar-refractivity contribution in [2.45, 2.75) is 32.9 Å². The highest BCUT2D eigenvalue weighted by Crippen LogP contribution is 2.21. The predicted octanol–water partition coefficient (Wildman–Crippen LogP) is 2.17. The molecule has 1 aromatic carbocycles. The largest absolute Gasteiger partial charge is 0.496 e. The van der Waals surface area contributed by atoms with Crippen molar-refractivity contribution in [3.63, 3.8) is 0 Å². The van der Waals surface area contributed by atoms with Crippen molar-refractivity contribution in [3.8, 4) is 5.75 Å². The number of ether oxygens (including phenoxy) is 1. The van der Waals surface area contributed by atoms with Gasteiger partial charge in [-0.3, -0.25) is 4.90 Å². The molecule has 0 aliphatic carbocycles. The van der Waals surface area contributed by atoms with Gasteiger partial charge in [0.15, 0.2) is 0 Å². The highest BCUT2D eigenvalue weighted by molar-refractivity contribution is 5.36. The number of rotatable bonds is 3. The minimum Gasteiger partial charge on any atom is -0.496 e. The Morgan fingerprint density at radius 2 is 2.17 bits per heavy atom. The molecule has 1 saturated heterocycles. The van der Waals surface area contributed by atoms with Crippen molar-refractivity contribution < 1.29 is 4.74 Å². The van der Waals surface area contributed by atoms with Gasteiger partial charge in [0.1, 0.15) is 5.75 Å². The van der Waals surface area contributed by atoms with Crippen LogP contribution in [0.4, 0.5) is 0 Å². The van der Waals surface area contributed by atoms with Crippen LogP contribution in [-0.4, -0.2) is 31.1 Å². The van der Waals surface area contributed by atoms with Gasteiger partial charge in [0.05, 0.1) is 7.11 Å². The molecule has 1 aliphatic heterocycles. The van der Waals surface area contributed by atoms with Gasteiger partial charge in [-0.1, -0.05) is 19.1 Å². The Morgan fingerprint density at radius 1 is 1.39 bits per heavy atom. The topological polar surface area (TPSA) is 38.5 Å². The molecule has 3 nitrogen and oxygen atoms in total. The summed E-state index contributed by atoms with van der Waals surface area (Å²) in [4.78, 5) is 2.46. The molecule has 0 spiro atoms. The van der Waals surface area contributed by atoms with Gasteiger partial charge in [0.25, 0.3) is 0 Å². The number of likely N-dealkylation sites (tertiary alicyclic amines) is 1. The van der Waals surface area contributed by atoms with E-state index in [0.29, 0.717) is 12.0 Å². The first-order chi connectivity index (χ1) is 8.58. The molecule has 1 aliphatic rings. The van der Waals surface area contributed by atoms with E-state index in [2.05, 4.69) is 36.9 Å². The lowest BCUT2D eigenvalue weighted by molar-refractivity contribution is 0.158. The molecule has 1 heterocycles. The van der Waals surface area contributed by atoms with E-state index in [1.165, 1.54) is 11.1 Å². The number of methoxy groups -OCH3 is 1. The van der Waals surface area contributed by atoms with Gasteiger partial charge >= 0.3 is 0 Å². The van der Waals surface area contributed by atoms with E-state index < -0.39 is 0 Å². The molecule has 3 heteroatoms. The Labute approximate surface area is 110 Å².